The summed E-state index contributed by atoms with van der Waals surface area (Å²) in [5.41, 5.74) is 0.582. The molecule has 1 aliphatic rings. The molecule has 16 heavy (non-hydrogen) atoms. The summed E-state index contributed by atoms with van der Waals surface area (Å²) in [5, 5.41) is 3.61. The van der Waals surface area contributed by atoms with Crippen LogP contribution in [-0.4, -0.2) is 11.4 Å². The first-order chi connectivity index (χ1) is 7.48. The Morgan fingerprint density at radius 1 is 1.44 bits per heavy atom. The summed E-state index contributed by atoms with van der Waals surface area (Å²) in [6.07, 6.45) is 3.30. The Hall–Kier alpha value is -0.540. The minimum atomic E-state index is -0.0506. The standard InChI is InChI=1S/C12H13BrClNO/c1-12(3-2-4-12)15-11(16)8-5-9(13)7-10(14)6-8/h5-7H,2-4H2,1H3,(H,15,16). The number of carbonyl (C=O) groups excluding carboxylic acids is 1. The van der Waals surface area contributed by atoms with Crippen LogP contribution in [0.3, 0.4) is 0 Å². The summed E-state index contributed by atoms with van der Waals surface area (Å²) in [6.45, 7) is 2.08. The molecule has 0 aliphatic heterocycles. The van der Waals surface area contributed by atoms with Crippen molar-refractivity contribution in [1.82, 2.24) is 5.32 Å². The number of benzene rings is 1. The lowest BCUT2D eigenvalue weighted by atomic mass is 9.78. The second-order valence-corrected chi connectivity index (χ2v) is 5.88. The van der Waals surface area contributed by atoms with Gasteiger partial charge >= 0.3 is 0 Å². The largest absolute Gasteiger partial charge is 0.347 e. The van der Waals surface area contributed by atoms with E-state index in [1.165, 1.54) is 6.42 Å². The number of nitrogens with one attached hydrogen (secondary N) is 1. The molecule has 2 rings (SSSR count). The van der Waals surface area contributed by atoms with Crippen LogP contribution in [0, 0.1) is 0 Å². The summed E-state index contributed by atoms with van der Waals surface area (Å²) in [7, 11) is 0. The molecule has 0 atom stereocenters. The molecular weight excluding hydrogens is 289 g/mol. The molecule has 1 aliphatic carbocycles. The van der Waals surface area contributed by atoms with E-state index in [1.807, 2.05) is 0 Å². The number of carbonyl (C=O) groups is 1. The zero-order valence-electron chi connectivity index (χ0n) is 9.02. The van der Waals surface area contributed by atoms with Crippen LogP contribution < -0.4 is 5.32 Å². The van der Waals surface area contributed by atoms with Crippen molar-refractivity contribution in [2.45, 2.75) is 31.7 Å². The number of hydrogen-bond acceptors (Lipinski definition) is 1. The molecule has 0 aromatic heterocycles. The summed E-state index contributed by atoms with van der Waals surface area (Å²) < 4.78 is 0.823. The van der Waals surface area contributed by atoms with Crippen molar-refractivity contribution >= 4 is 33.4 Å². The van der Waals surface area contributed by atoms with Crippen molar-refractivity contribution in [1.29, 1.82) is 0 Å². The summed E-state index contributed by atoms with van der Waals surface area (Å²) in [6, 6.07) is 5.23. The molecule has 0 radical (unpaired) electrons. The second-order valence-electron chi connectivity index (χ2n) is 4.53. The fourth-order valence-corrected chi connectivity index (χ4v) is 2.72. The normalized spacial score (nSPS) is 17.7. The maximum atomic E-state index is 12.0. The van der Waals surface area contributed by atoms with Gasteiger partial charge in [0.05, 0.1) is 0 Å². The maximum Gasteiger partial charge on any atom is 0.251 e. The Morgan fingerprint density at radius 2 is 2.12 bits per heavy atom. The van der Waals surface area contributed by atoms with Gasteiger partial charge in [-0.25, -0.2) is 0 Å². The number of amides is 1. The van der Waals surface area contributed by atoms with Crippen LogP contribution in [0.5, 0.6) is 0 Å². The van der Waals surface area contributed by atoms with Gasteiger partial charge in [-0.15, -0.1) is 0 Å². The third-order valence-corrected chi connectivity index (χ3v) is 3.67. The zero-order chi connectivity index (χ0) is 11.8. The molecule has 1 saturated carbocycles. The van der Waals surface area contributed by atoms with Crippen molar-refractivity contribution in [2.75, 3.05) is 0 Å². The van der Waals surface area contributed by atoms with E-state index in [2.05, 4.69) is 28.2 Å². The molecule has 1 aromatic carbocycles. The number of halogens is 2. The van der Waals surface area contributed by atoms with E-state index in [0.29, 0.717) is 10.6 Å². The molecule has 1 fully saturated rings. The molecule has 1 aromatic rings. The molecule has 0 spiro atoms. The van der Waals surface area contributed by atoms with Crippen molar-refractivity contribution < 1.29 is 4.79 Å². The second kappa shape index (κ2) is 4.38. The smallest absolute Gasteiger partial charge is 0.251 e. The Balaban J connectivity index is 2.14. The van der Waals surface area contributed by atoms with Crippen LogP contribution in [0.25, 0.3) is 0 Å². The van der Waals surface area contributed by atoms with Gasteiger partial charge in [-0.2, -0.15) is 0 Å². The molecule has 1 amide bonds. The third-order valence-electron chi connectivity index (χ3n) is 3.00. The van der Waals surface area contributed by atoms with Crippen molar-refractivity contribution in [2.24, 2.45) is 0 Å². The third kappa shape index (κ3) is 2.58. The quantitative estimate of drug-likeness (QED) is 0.885. The number of rotatable bonds is 2. The SMILES string of the molecule is CC1(NC(=O)c2cc(Cl)cc(Br)c2)CCC1. The Morgan fingerprint density at radius 3 is 2.62 bits per heavy atom. The summed E-state index contributed by atoms with van der Waals surface area (Å²) >= 11 is 9.23. The van der Waals surface area contributed by atoms with E-state index < -0.39 is 0 Å². The van der Waals surface area contributed by atoms with E-state index in [4.69, 9.17) is 11.6 Å². The Labute approximate surface area is 108 Å². The molecule has 0 unspecified atom stereocenters. The van der Waals surface area contributed by atoms with Gasteiger partial charge in [0.2, 0.25) is 0 Å². The summed E-state index contributed by atoms with van der Waals surface area (Å²) in [4.78, 5) is 12.0. The molecule has 4 heteroatoms. The van der Waals surface area contributed by atoms with E-state index in [1.54, 1.807) is 18.2 Å². The fraction of sp³-hybridized carbons (Fsp3) is 0.417. The van der Waals surface area contributed by atoms with Crippen LogP contribution in [0.2, 0.25) is 5.02 Å². The highest BCUT2D eigenvalue weighted by molar-refractivity contribution is 9.10. The number of hydrogen-bond donors (Lipinski definition) is 1. The molecular formula is C12H13BrClNO. The molecule has 0 saturated heterocycles. The molecule has 1 N–H and O–H groups in total. The molecule has 2 nitrogen and oxygen atoms in total. The minimum Gasteiger partial charge on any atom is -0.347 e. The van der Waals surface area contributed by atoms with E-state index in [0.717, 1.165) is 17.3 Å². The fourth-order valence-electron chi connectivity index (χ4n) is 1.86. The van der Waals surface area contributed by atoms with Gasteiger partial charge < -0.3 is 5.32 Å². The van der Waals surface area contributed by atoms with Gasteiger partial charge in [0.15, 0.2) is 0 Å². The van der Waals surface area contributed by atoms with Gasteiger partial charge in [0.1, 0.15) is 0 Å². The highest BCUT2D eigenvalue weighted by atomic mass is 79.9. The van der Waals surface area contributed by atoms with Gasteiger partial charge in [-0.05, 0) is 44.4 Å². The highest BCUT2D eigenvalue weighted by Crippen LogP contribution is 2.31. The van der Waals surface area contributed by atoms with Crippen LogP contribution in [-0.2, 0) is 0 Å². The summed E-state index contributed by atoms with van der Waals surface area (Å²) in [5.74, 6) is -0.0506. The molecule has 86 valence electrons. The van der Waals surface area contributed by atoms with Gasteiger partial charge in [0.25, 0.3) is 5.91 Å². The lowest BCUT2D eigenvalue weighted by Crippen LogP contribution is -2.50. The van der Waals surface area contributed by atoms with E-state index >= 15 is 0 Å². The lowest BCUT2D eigenvalue weighted by Gasteiger charge is -2.39. The van der Waals surface area contributed by atoms with Gasteiger partial charge in [0, 0.05) is 20.6 Å². The minimum absolute atomic E-state index is 0.0219. The van der Waals surface area contributed by atoms with E-state index in [9.17, 15) is 4.79 Å². The first-order valence-corrected chi connectivity index (χ1v) is 6.44. The van der Waals surface area contributed by atoms with Gasteiger partial charge in [-0.3, -0.25) is 4.79 Å². The average Bonchev–Trinajstić information content (AvgIpc) is 2.13. The Kier molecular flexibility index (Phi) is 3.27. The van der Waals surface area contributed by atoms with Crippen LogP contribution in [0.4, 0.5) is 0 Å². The topological polar surface area (TPSA) is 29.1 Å². The van der Waals surface area contributed by atoms with Crippen molar-refractivity contribution in [3.8, 4) is 0 Å². The predicted octanol–water partition coefficient (Wildman–Crippen LogP) is 3.77. The van der Waals surface area contributed by atoms with E-state index in [-0.39, 0.29) is 11.4 Å². The van der Waals surface area contributed by atoms with Crippen molar-refractivity contribution in [3.63, 3.8) is 0 Å². The van der Waals surface area contributed by atoms with Crippen LogP contribution in [0.1, 0.15) is 36.5 Å². The van der Waals surface area contributed by atoms with Crippen LogP contribution >= 0.6 is 27.5 Å². The van der Waals surface area contributed by atoms with Crippen LogP contribution in [0.15, 0.2) is 22.7 Å². The lowest BCUT2D eigenvalue weighted by molar-refractivity contribution is 0.0850. The Bertz CT molecular complexity index is 409. The maximum absolute atomic E-state index is 12.0. The molecule has 0 heterocycles. The van der Waals surface area contributed by atoms with Crippen molar-refractivity contribution in [3.05, 3.63) is 33.3 Å². The predicted molar refractivity (Wildman–Crippen MR) is 68.9 cm³/mol. The average molecular weight is 303 g/mol. The zero-order valence-corrected chi connectivity index (χ0v) is 11.4. The monoisotopic (exact) mass is 301 g/mol. The highest BCUT2D eigenvalue weighted by Gasteiger charge is 2.33. The first kappa shape index (κ1) is 11.9. The molecule has 0 bridgehead atoms. The first-order valence-electron chi connectivity index (χ1n) is 5.27. The van der Waals surface area contributed by atoms with Gasteiger partial charge in [-0.1, -0.05) is 27.5 Å².